The fourth-order valence-electron chi connectivity index (χ4n) is 3.37. The number of rotatable bonds is 2. The van der Waals surface area contributed by atoms with Crippen molar-refractivity contribution in [3.8, 4) is 0 Å². The molecule has 4 unspecified atom stereocenters. The van der Waals surface area contributed by atoms with Gasteiger partial charge in [0.15, 0.2) is 0 Å². The van der Waals surface area contributed by atoms with Crippen LogP contribution in [0.25, 0.3) is 0 Å². The molecule has 0 aromatic carbocycles. The Balaban J connectivity index is 2.03. The van der Waals surface area contributed by atoms with E-state index in [9.17, 15) is 14.7 Å². The van der Waals surface area contributed by atoms with Crippen LogP contribution < -0.4 is 0 Å². The van der Waals surface area contributed by atoms with Crippen LogP contribution in [0.3, 0.4) is 0 Å². The monoisotopic (exact) mass is 284 g/mol. The molecule has 114 valence electrons. The number of hydrogen-bond acceptors (Lipinski definition) is 3. The normalized spacial score (nSPS) is 34.0. The minimum absolute atomic E-state index is 0.114. The van der Waals surface area contributed by atoms with Gasteiger partial charge in [0.05, 0.1) is 6.10 Å². The molecule has 0 bridgehead atoms. The predicted octanol–water partition coefficient (Wildman–Crippen LogP) is 1.14. The van der Waals surface area contributed by atoms with Crippen molar-refractivity contribution in [2.45, 2.75) is 57.2 Å². The summed E-state index contributed by atoms with van der Waals surface area (Å²) in [4.78, 5) is 26.6. The van der Waals surface area contributed by atoms with E-state index in [1.807, 2.05) is 0 Å². The lowest BCUT2D eigenvalue weighted by Crippen LogP contribution is -2.50. The molecule has 2 aliphatic rings. The van der Waals surface area contributed by atoms with Crippen molar-refractivity contribution in [3.05, 3.63) is 0 Å². The number of β-amino-alcohol motifs (C(OH)–C–C–N with tert-alkyl or cyclic N) is 1. The van der Waals surface area contributed by atoms with Crippen LogP contribution in [0.15, 0.2) is 0 Å². The lowest BCUT2D eigenvalue weighted by atomic mass is 9.86. The molecule has 2 N–H and O–H groups in total. The Hall–Kier alpha value is -1.30. The topological polar surface area (TPSA) is 81.1 Å². The minimum Gasteiger partial charge on any atom is -0.480 e. The average molecular weight is 284 g/mol. The third-order valence-electron chi connectivity index (χ3n) is 4.57. The summed E-state index contributed by atoms with van der Waals surface area (Å²) in [5, 5.41) is 18.8. The standard InChI is InChI=1S/C14H24N2O4/c1-9-4-3-5-10(6-9)15(2)14(20)16-8-11(17)7-12(16)13(18)19/h9-12,17H,3-8H2,1-2H3,(H,18,19). The molecule has 20 heavy (non-hydrogen) atoms. The number of likely N-dealkylation sites (tertiary alicyclic amines) is 1. The Morgan fingerprint density at radius 3 is 2.55 bits per heavy atom. The summed E-state index contributed by atoms with van der Waals surface area (Å²) in [7, 11) is 1.74. The molecule has 1 saturated carbocycles. The second kappa shape index (κ2) is 5.99. The van der Waals surface area contributed by atoms with Crippen LogP contribution in [0.5, 0.6) is 0 Å². The van der Waals surface area contributed by atoms with Crippen molar-refractivity contribution in [2.75, 3.05) is 13.6 Å². The Labute approximate surface area is 119 Å². The lowest BCUT2D eigenvalue weighted by Gasteiger charge is -2.37. The van der Waals surface area contributed by atoms with Gasteiger partial charge in [-0.05, 0) is 18.8 Å². The molecule has 2 fully saturated rings. The van der Waals surface area contributed by atoms with Gasteiger partial charge >= 0.3 is 12.0 Å². The van der Waals surface area contributed by atoms with Crippen molar-refractivity contribution in [1.82, 2.24) is 9.80 Å². The summed E-state index contributed by atoms with van der Waals surface area (Å²) < 4.78 is 0. The first-order valence-corrected chi connectivity index (χ1v) is 7.34. The molecule has 2 amide bonds. The Kier molecular flexibility index (Phi) is 4.52. The molecule has 0 aromatic heterocycles. The van der Waals surface area contributed by atoms with Crippen molar-refractivity contribution >= 4 is 12.0 Å². The zero-order valence-electron chi connectivity index (χ0n) is 12.2. The summed E-state index contributed by atoms with van der Waals surface area (Å²) >= 11 is 0. The fourth-order valence-corrected chi connectivity index (χ4v) is 3.37. The van der Waals surface area contributed by atoms with E-state index in [0.717, 1.165) is 19.3 Å². The quantitative estimate of drug-likeness (QED) is 0.796. The summed E-state index contributed by atoms with van der Waals surface area (Å²) in [5.41, 5.74) is 0. The molecular weight excluding hydrogens is 260 g/mol. The third-order valence-corrected chi connectivity index (χ3v) is 4.57. The highest BCUT2D eigenvalue weighted by atomic mass is 16.4. The number of aliphatic hydroxyl groups is 1. The molecule has 1 heterocycles. The number of carboxylic acids is 1. The number of hydrogen-bond donors (Lipinski definition) is 2. The summed E-state index contributed by atoms with van der Waals surface area (Å²) in [6.45, 7) is 2.30. The van der Waals surface area contributed by atoms with Crippen molar-refractivity contribution in [1.29, 1.82) is 0 Å². The van der Waals surface area contributed by atoms with E-state index in [1.54, 1.807) is 11.9 Å². The Morgan fingerprint density at radius 2 is 1.95 bits per heavy atom. The molecule has 0 radical (unpaired) electrons. The maximum absolute atomic E-state index is 12.5. The zero-order chi connectivity index (χ0) is 14.9. The number of carbonyl (C=O) groups excluding carboxylic acids is 1. The van der Waals surface area contributed by atoms with Crippen LogP contribution in [0.1, 0.15) is 39.0 Å². The van der Waals surface area contributed by atoms with E-state index in [-0.39, 0.29) is 25.0 Å². The van der Waals surface area contributed by atoms with Crippen molar-refractivity contribution in [3.63, 3.8) is 0 Å². The van der Waals surface area contributed by atoms with Gasteiger partial charge in [-0.15, -0.1) is 0 Å². The van der Waals surface area contributed by atoms with Crippen LogP contribution >= 0.6 is 0 Å². The van der Waals surface area contributed by atoms with E-state index in [1.165, 1.54) is 11.3 Å². The van der Waals surface area contributed by atoms with E-state index in [0.29, 0.717) is 5.92 Å². The number of carboxylic acid groups (broad SMARTS) is 1. The first-order valence-electron chi connectivity index (χ1n) is 7.34. The molecular formula is C14H24N2O4. The van der Waals surface area contributed by atoms with Crippen LogP contribution in [-0.2, 0) is 4.79 Å². The number of urea groups is 1. The highest BCUT2D eigenvalue weighted by Gasteiger charge is 2.41. The highest BCUT2D eigenvalue weighted by molar-refractivity contribution is 5.83. The SMILES string of the molecule is CC1CCCC(N(C)C(=O)N2CC(O)CC2C(=O)O)C1. The minimum atomic E-state index is -1.04. The number of aliphatic hydroxyl groups excluding tert-OH is 1. The number of aliphatic carboxylic acids is 1. The lowest BCUT2D eigenvalue weighted by molar-refractivity contribution is -0.141. The summed E-state index contributed by atoms with van der Waals surface area (Å²) in [6.07, 6.45) is 3.62. The van der Waals surface area contributed by atoms with Gasteiger partial charge in [-0.3, -0.25) is 0 Å². The molecule has 1 aliphatic heterocycles. The number of carbonyl (C=O) groups is 2. The predicted molar refractivity (Wildman–Crippen MR) is 73.3 cm³/mol. The molecule has 6 nitrogen and oxygen atoms in total. The maximum atomic E-state index is 12.5. The van der Waals surface area contributed by atoms with E-state index >= 15 is 0 Å². The van der Waals surface area contributed by atoms with Gasteiger partial charge in [0, 0.05) is 26.1 Å². The smallest absolute Gasteiger partial charge is 0.326 e. The first-order chi connectivity index (χ1) is 9.40. The first kappa shape index (κ1) is 15.1. The maximum Gasteiger partial charge on any atom is 0.326 e. The van der Waals surface area contributed by atoms with Gasteiger partial charge in [0.1, 0.15) is 6.04 Å². The Bertz CT molecular complexity index is 387. The second-order valence-corrected chi connectivity index (χ2v) is 6.22. The Morgan fingerprint density at radius 1 is 1.25 bits per heavy atom. The number of amides is 2. The highest BCUT2D eigenvalue weighted by Crippen LogP contribution is 2.28. The van der Waals surface area contributed by atoms with Crippen LogP contribution in [-0.4, -0.2) is 63.8 Å². The zero-order valence-corrected chi connectivity index (χ0v) is 12.2. The molecule has 1 saturated heterocycles. The van der Waals surface area contributed by atoms with Gasteiger partial charge in [-0.1, -0.05) is 19.8 Å². The largest absolute Gasteiger partial charge is 0.480 e. The molecule has 4 atom stereocenters. The fraction of sp³-hybridized carbons (Fsp3) is 0.857. The van der Waals surface area contributed by atoms with Gasteiger partial charge in [-0.25, -0.2) is 9.59 Å². The van der Waals surface area contributed by atoms with Gasteiger partial charge in [-0.2, -0.15) is 0 Å². The molecule has 0 spiro atoms. The van der Waals surface area contributed by atoms with Gasteiger partial charge < -0.3 is 20.0 Å². The van der Waals surface area contributed by atoms with Gasteiger partial charge in [0.2, 0.25) is 0 Å². The third kappa shape index (κ3) is 3.06. The molecule has 1 aliphatic carbocycles. The summed E-state index contributed by atoms with van der Waals surface area (Å²) in [6, 6.07) is -0.993. The van der Waals surface area contributed by atoms with Crippen LogP contribution in [0.2, 0.25) is 0 Å². The van der Waals surface area contributed by atoms with Crippen LogP contribution in [0.4, 0.5) is 4.79 Å². The molecule has 0 aromatic rings. The average Bonchev–Trinajstić information content (AvgIpc) is 2.79. The summed E-state index contributed by atoms with van der Waals surface area (Å²) in [5.74, 6) is -0.441. The van der Waals surface area contributed by atoms with Crippen molar-refractivity contribution in [2.24, 2.45) is 5.92 Å². The van der Waals surface area contributed by atoms with Crippen LogP contribution in [0, 0.1) is 5.92 Å². The van der Waals surface area contributed by atoms with E-state index in [2.05, 4.69) is 6.92 Å². The molecule has 2 rings (SSSR count). The van der Waals surface area contributed by atoms with E-state index < -0.39 is 18.1 Å². The van der Waals surface area contributed by atoms with Crippen molar-refractivity contribution < 1.29 is 19.8 Å². The number of nitrogens with zero attached hydrogens (tertiary/aromatic N) is 2. The van der Waals surface area contributed by atoms with Gasteiger partial charge in [0.25, 0.3) is 0 Å². The molecule has 6 heteroatoms. The second-order valence-electron chi connectivity index (χ2n) is 6.22. The van der Waals surface area contributed by atoms with E-state index in [4.69, 9.17) is 5.11 Å².